The van der Waals surface area contributed by atoms with Crippen molar-refractivity contribution in [2.75, 3.05) is 4.90 Å². The standard InChI is InChI=1S/C54H35N3/c1-34-55-48-20-11-21-50-54(48)56(34)49-29-27-40(33-51(49)57(50)43-16-3-2-4-17-43)39-26-28-46-47(32-39)53(42-25-23-36-13-6-8-15-38(36)31-42)45-19-10-9-18-44(45)52(46)41-24-22-35-12-5-7-14-37(35)30-41/h2-33H,1H3. The Morgan fingerprint density at radius 3 is 1.63 bits per heavy atom. The van der Waals surface area contributed by atoms with E-state index < -0.39 is 0 Å². The topological polar surface area (TPSA) is 21.1 Å². The zero-order valence-corrected chi connectivity index (χ0v) is 31.3. The number of para-hydroxylation sites is 2. The van der Waals surface area contributed by atoms with Crippen LogP contribution in [0.5, 0.6) is 0 Å². The van der Waals surface area contributed by atoms with Gasteiger partial charge in [0.2, 0.25) is 0 Å². The molecule has 266 valence electrons. The second kappa shape index (κ2) is 12.3. The molecule has 0 N–H and O–H groups in total. The first-order chi connectivity index (χ1) is 28.2. The van der Waals surface area contributed by atoms with Crippen LogP contribution in [0, 0.1) is 6.92 Å². The van der Waals surface area contributed by atoms with Gasteiger partial charge in [-0.3, -0.25) is 4.57 Å². The third-order valence-electron chi connectivity index (χ3n) is 12.0. The Labute approximate surface area is 330 Å². The number of aromatic nitrogens is 2. The lowest BCUT2D eigenvalue weighted by molar-refractivity contribution is 0.982. The molecule has 1 aliphatic heterocycles. The molecule has 0 spiro atoms. The molecule has 0 saturated carbocycles. The van der Waals surface area contributed by atoms with Crippen molar-refractivity contribution in [2.45, 2.75) is 6.92 Å². The predicted molar refractivity (Wildman–Crippen MR) is 240 cm³/mol. The number of rotatable bonds is 4. The fourth-order valence-electron chi connectivity index (χ4n) is 9.43. The quantitative estimate of drug-likeness (QED) is 0.168. The van der Waals surface area contributed by atoms with Crippen molar-refractivity contribution >= 4 is 71.2 Å². The molecule has 0 radical (unpaired) electrons. The molecule has 2 heterocycles. The molecule has 3 heteroatoms. The molecule has 57 heavy (non-hydrogen) atoms. The first-order valence-corrected chi connectivity index (χ1v) is 19.6. The minimum atomic E-state index is 0.984. The molecule has 1 aliphatic rings. The first kappa shape index (κ1) is 31.8. The zero-order chi connectivity index (χ0) is 37.6. The van der Waals surface area contributed by atoms with Gasteiger partial charge in [-0.1, -0.05) is 140 Å². The number of hydrogen-bond donors (Lipinski definition) is 0. The molecule has 3 nitrogen and oxygen atoms in total. The fourth-order valence-corrected chi connectivity index (χ4v) is 9.43. The van der Waals surface area contributed by atoms with E-state index >= 15 is 0 Å². The van der Waals surface area contributed by atoms with Gasteiger partial charge in [-0.05, 0) is 138 Å². The van der Waals surface area contributed by atoms with E-state index in [1.165, 1.54) is 70.9 Å². The summed E-state index contributed by atoms with van der Waals surface area (Å²) < 4.78 is 2.32. The molecule has 0 unspecified atom stereocenters. The number of nitrogens with zero attached hydrogens (tertiary/aromatic N) is 3. The van der Waals surface area contributed by atoms with E-state index in [0.717, 1.165) is 45.2 Å². The van der Waals surface area contributed by atoms with E-state index in [-0.39, 0.29) is 0 Å². The van der Waals surface area contributed by atoms with E-state index in [0.29, 0.717) is 0 Å². The maximum absolute atomic E-state index is 4.99. The maximum Gasteiger partial charge on any atom is 0.111 e. The number of benzene rings is 10. The highest BCUT2D eigenvalue weighted by Crippen LogP contribution is 2.49. The Hall–Kier alpha value is -7.49. The van der Waals surface area contributed by atoms with Crippen LogP contribution in [0.25, 0.3) is 93.2 Å². The highest BCUT2D eigenvalue weighted by atomic mass is 15.2. The van der Waals surface area contributed by atoms with Gasteiger partial charge in [-0.25, -0.2) is 4.98 Å². The lowest BCUT2D eigenvalue weighted by Crippen LogP contribution is -2.18. The van der Waals surface area contributed by atoms with Crippen molar-refractivity contribution in [1.82, 2.24) is 9.55 Å². The second-order valence-electron chi connectivity index (χ2n) is 15.2. The van der Waals surface area contributed by atoms with Crippen LogP contribution in [-0.4, -0.2) is 9.55 Å². The fraction of sp³-hybridized carbons (Fsp3) is 0.0185. The molecule has 1 aromatic heterocycles. The van der Waals surface area contributed by atoms with E-state index in [4.69, 9.17) is 4.98 Å². The highest BCUT2D eigenvalue weighted by molar-refractivity contribution is 6.22. The summed E-state index contributed by atoms with van der Waals surface area (Å²) in [6, 6.07) is 71.3. The molecular weight excluding hydrogens is 691 g/mol. The average Bonchev–Trinajstić information content (AvgIpc) is 3.61. The smallest absolute Gasteiger partial charge is 0.111 e. The van der Waals surface area contributed by atoms with Crippen molar-refractivity contribution < 1.29 is 0 Å². The van der Waals surface area contributed by atoms with Crippen molar-refractivity contribution in [3.05, 3.63) is 200 Å². The number of hydrogen-bond acceptors (Lipinski definition) is 2. The predicted octanol–water partition coefficient (Wildman–Crippen LogP) is 14.7. The van der Waals surface area contributed by atoms with Crippen LogP contribution >= 0.6 is 0 Å². The number of anilines is 3. The van der Waals surface area contributed by atoms with Gasteiger partial charge in [-0.15, -0.1) is 0 Å². The van der Waals surface area contributed by atoms with Crippen LogP contribution in [0.2, 0.25) is 0 Å². The van der Waals surface area contributed by atoms with Gasteiger partial charge < -0.3 is 4.90 Å². The lowest BCUT2D eigenvalue weighted by atomic mass is 9.84. The Bertz CT molecular complexity index is 3430. The van der Waals surface area contributed by atoms with Gasteiger partial charge in [0.05, 0.1) is 28.1 Å². The van der Waals surface area contributed by atoms with Crippen molar-refractivity contribution in [1.29, 1.82) is 0 Å². The Kier molecular flexibility index (Phi) is 6.84. The molecule has 0 amide bonds. The van der Waals surface area contributed by atoms with E-state index in [1.807, 2.05) is 0 Å². The number of imidazole rings is 1. The summed E-state index contributed by atoms with van der Waals surface area (Å²) in [5.74, 6) is 0.984. The number of fused-ring (bicyclic) bond motifs is 6. The lowest BCUT2D eigenvalue weighted by Gasteiger charge is -2.33. The number of aryl methyl sites for hydroxylation is 1. The van der Waals surface area contributed by atoms with Crippen molar-refractivity contribution in [3.8, 4) is 39.1 Å². The van der Waals surface area contributed by atoms with Crippen molar-refractivity contribution in [3.63, 3.8) is 0 Å². The van der Waals surface area contributed by atoms with Crippen LogP contribution in [-0.2, 0) is 0 Å². The normalized spacial score (nSPS) is 12.3. The molecule has 12 rings (SSSR count). The van der Waals surface area contributed by atoms with E-state index in [9.17, 15) is 0 Å². The van der Waals surface area contributed by atoms with Crippen LogP contribution in [0.4, 0.5) is 17.1 Å². The molecule has 11 aromatic rings. The minimum absolute atomic E-state index is 0.984. The average molecular weight is 726 g/mol. The summed E-state index contributed by atoms with van der Waals surface area (Å²) in [5.41, 5.74) is 13.9. The largest absolute Gasteiger partial charge is 0.306 e. The summed E-state index contributed by atoms with van der Waals surface area (Å²) in [7, 11) is 0. The van der Waals surface area contributed by atoms with Crippen molar-refractivity contribution in [2.24, 2.45) is 0 Å². The molecular formula is C54H35N3. The summed E-state index contributed by atoms with van der Waals surface area (Å²) in [5, 5.41) is 9.95. The molecule has 0 bridgehead atoms. The molecule has 0 aliphatic carbocycles. The van der Waals surface area contributed by atoms with Gasteiger partial charge in [0.1, 0.15) is 5.82 Å². The SMILES string of the molecule is Cc1nc2cccc3c2n1-c1ccc(-c2ccc4c(-c5ccc6ccccc6c5)c5ccccc5c(-c5ccc6ccccc6c5)c4c2)cc1N3c1ccccc1. The van der Waals surface area contributed by atoms with E-state index in [1.54, 1.807) is 0 Å². The van der Waals surface area contributed by atoms with Gasteiger partial charge in [0, 0.05) is 5.69 Å². The van der Waals surface area contributed by atoms with Crippen LogP contribution in [0.15, 0.2) is 194 Å². The minimum Gasteiger partial charge on any atom is -0.306 e. The summed E-state index contributed by atoms with van der Waals surface area (Å²) >= 11 is 0. The molecule has 10 aromatic carbocycles. The van der Waals surface area contributed by atoms with Gasteiger partial charge >= 0.3 is 0 Å². The molecule has 0 fully saturated rings. The third kappa shape index (κ3) is 4.82. The Morgan fingerprint density at radius 1 is 0.368 bits per heavy atom. The van der Waals surface area contributed by atoms with Crippen LogP contribution in [0.1, 0.15) is 5.82 Å². The molecule has 0 saturated heterocycles. The van der Waals surface area contributed by atoms with Gasteiger partial charge in [-0.2, -0.15) is 0 Å². The zero-order valence-electron chi connectivity index (χ0n) is 31.3. The third-order valence-corrected chi connectivity index (χ3v) is 12.0. The Morgan fingerprint density at radius 2 is 0.930 bits per heavy atom. The second-order valence-corrected chi connectivity index (χ2v) is 15.2. The summed E-state index contributed by atoms with van der Waals surface area (Å²) in [4.78, 5) is 7.39. The maximum atomic E-state index is 4.99. The highest BCUT2D eigenvalue weighted by Gasteiger charge is 2.28. The van der Waals surface area contributed by atoms with E-state index in [2.05, 4.69) is 211 Å². The monoisotopic (exact) mass is 725 g/mol. The first-order valence-electron chi connectivity index (χ1n) is 19.6. The van der Waals surface area contributed by atoms with Crippen LogP contribution < -0.4 is 4.90 Å². The van der Waals surface area contributed by atoms with Crippen LogP contribution in [0.3, 0.4) is 0 Å². The summed E-state index contributed by atoms with van der Waals surface area (Å²) in [6.45, 7) is 2.11. The summed E-state index contributed by atoms with van der Waals surface area (Å²) in [6.07, 6.45) is 0. The van der Waals surface area contributed by atoms with Gasteiger partial charge in [0.15, 0.2) is 0 Å². The Balaban J connectivity index is 1.14. The molecule has 0 atom stereocenters. The van der Waals surface area contributed by atoms with Gasteiger partial charge in [0.25, 0.3) is 0 Å².